The number of carbonyl (C=O) groups excluding carboxylic acids is 12. The highest BCUT2D eigenvalue weighted by atomic mass is 19.4. The molecule has 5 heterocycles. The fourth-order valence-electron chi connectivity index (χ4n) is 16.7. The standard InChI is InChI=1S/C77H107F5N12O12/c1-11-23-55-66(97)84-64(48(4)12-2)73(104)93-41-20-27-57(93)69(100)87(7)56-26-14-13-17-39-94(72(56)103)60(44-49-31-29-47(3)30-32-49)68(99)85(5)46-61(95)83-54(34-33-50-42-52(78)63(53(79)43-50)77(80,81)82)67(98)92-40-21-28-58(92)70(101)90(10)76(35-22-36-76)75(106)89(9)65(51-24-15-16-25-51)74(105)88(8)59(45-62(96)86(55)6)71(102)91-37-18-19-38-91/h13-14,29-32,42-43,48,51,54-60,64-65H,11-12,15-28,33-41,44-46H2,1-10H3,(H,83,95)(H,84,97)/b14-13-/t48-,54-,55-,56-,57-,58-,59-,60-,64-,65-/m0/s1. The number of fused-ring (bicyclic) bond motifs is 4. The van der Waals surface area contributed by atoms with E-state index in [4.69, 9.17) is 0 Å². The second kappa shape index (κ2) is 35.0. The Balaban J connectivity index is 1.12. The second-order valence-electron chi connectivity index (χ2n) is 30.4. The Morgan fingerprint density at radius 3 is 1.80 bits per heavy atom. The quantitative estimate of drug-likeness (QED) is 0.189. The van der Waals surface area contributed by atoms with Crippen LogP contribution in [0.5, 0.6) is 0 Å². The summed E-state index contributed by atoms with van der Waals surface area (Å²) in [6.45, 7) is 7.30. The molecule has 10 atom stereocenters. The SMILES string of the molecule is CCC[C@H]1C(=O)N[C@@H]([C@@H](C)CC)C(=O)N2CCC[C@H]2C(=O)N(C)[C@H]2C/C=C\CCN(C2=O)[C@@H](Cc2ccc(C)cc2)C(=O)N(C)CC(=O)N[C@@H](CCc2cc(F)c(C(F)(F)F)c(F)c2)C(=O)N2CCC[C@H]2C(=O)N(C)C2(CCC2)C(=O)N(C)[C@@H](C2CCCC2)C(=O)N(C)[C@H](C(=O)N2CCCC2)CC(=O)N1C. The third-order valence-electron chi connectivity index (χ3n) is 23.6. The fourth-order valence-corrected chi connectivity index (χ4v) is 16.7. The summed E-state index contributed by atoms with van der Waals surface area (Å²) in [6.07, 6.45) is 3.23. The van der Waals surface area contributed by atoms with Gasteiger partial charge >= 0.3 is 6.18 Å². The molecule has 2 bridgehead atoms. The van der Waals surface area contributed by atoms with E-state index in [1.165, 1.54) is 81.5 Å². The van der Waals surface area contributed by atoms with Crippen molar-refractivity contribution < 1.29 is 79.5 Å². The lowest BCUT2D eigenvalue weighted by Gasteiger charge is -2.51. The molecule has 582 valence electrons. The number of likely N-dealkylation sites (N-methyl/N-ethyl adjacent to an activating group) is 6. The lowest BCUT2D eigenvalue weighted by Crippen LogP contribution is -2.68. The van der Waals surface area contributed by atoms with Crippen molar-refractivity contribution in [2.45, 2.75) is 235 Å². The molecule has 2 aliphatic carbocycles. The Morgan fingerprint density at radius 2 is 1.22 bits per heavy atom. The lowest BCUT2D eigenvalue weighted by molar-refractivity contribution is -0.166. The topological polar surface area (TPSA) is 261 Å². The molecule has 5 aliphatic heterocycles. The molecular formula is C77H107F5N12O12. The third kappa shape index (κ3) is 17.7. The Morgan fingerprint density at radius 1 is 0.604 bits per heavy atom. The average Bonchev–Trinajstić information content (AvgIpc) is 0.896. The number of halogens is 5. The number of hydrogen-bond donors (Lipinski definition) is 2. The van der Waals surface area contributed by atoms with Gasteiger partial charge in [0.15, 0.2) is 0 Å². The van der Waals surface area contributed by atoms with Crippen LogP contribution in [0.2, 0.25) is 0 Å². The van der Waals surface area contributed by atoms with E-state index in [0.29, 0.717) is 82.2 Å². The van der Waals surface area contributed by atoms with E-state index in [-0.39, 0.29) is 83.0 Å². The predicted octanol–water partition coefficient (Wildman–Crippen LogP) is 6.18. The van der Waals surface area contributed by atoms with Gasteiger partial charge in [-0.1, -0.05) is 88.4 Å². The first-order valence-electron chi connectivity index (χ1n) is 37.9. The van der Waals surface area contributed by atoms with E-state index < -0.39 is 192 Å². The maximum absolute atomic E-state index is 15.7. The highest BCUT2D eigenvalue weighted by Gasteiger charge is 2.56. The van der Waals surface area contributed by atoms with Gasteiger partial charge in [0.05, 0.1) is 13.0 Å². The van der Waals surface area contributed by atoms with E-state index in [1.54, 1.807) is 30.0 Å². The number of nitrogens with zero attached hydrogens (tertiary/aromatic N) is 10. The van der Waals surface area contributed by atoms with Crippen molar-refractivity contribution >= 4 is 70.9 Å². The van der Waals surface area contributed by atoms with Gasteiger partial charge in [0.1, 0.15) is 77.1 Å². The molecule has 1 spiro atoms. The predicted molar refractivity (Wildman–Crippen MR) is 382 cm³/mol. The van der Waals surface area contributed by atoms with Crippen LogP contribution in [-0.4, -0.2) is 261 Å². The van der Waals surface area contributed by atoms with E-state index in [9.17, 15) is 22.8 Å². The molecule has 2 N–H and O–H groups in total. The summed E-state index contributed by atoms with van der Waals surface area (Å²) in [5, 5.41) is 5.64. The van der Waals surface area contributed by atoms with Gasteiger partial charge in [-0.3, -0.25) is 57.5 Å². The molecule has 4 saturated heterocycles. The Hall–Kier alpha value is -8.53. The van der Waals surface area contributed by atoms with Crippen molar-refractivity contribution in [3.05, 3.63) is 82.4 Å². The van der Waals surface area contributed by atoms with Crippen molar-refractivity contribution in [3.8, 4) is 0 Å². The van der Waals surface area contributed by atoms with Crippen molar-refractivity contribution in [2.75, 3.05) is 81.6 Å². The summed E-state index contributed by atoms with van der Waals surface area (Å²) in [7, 11) is 8.55. The first-order valence-corrected chi connectivity index (χ1v) is 37.9. The van der Waals surface area contributed by atoms with Gasteiger partial charge < -0.3 is 59.6 Å². The van der Waals surface area contributed by atoms with Crippen LogP contribution in [0.15, 0.2) is 48.6 Å². The molecular weight excluding hydrogens is 1380 g/mol. The normalized spacial score (nSPS) is 27.5. The van der Waals surface area contributed by atoms with Crippen LogP contribution in [0.4, 0.5) is 22.0 Å². The summed E-state index contributed by atoms with van der Waals surface area (Å²) in [6, 6.07) is -3.44. The van der Waals surface area contributed by atoms with Crippen LogP contribution < -0.4 is 10.6 Å². The van der Waals surface area contributed by atoms with Crippen molar-refractivity contribution in [1.29, 1.82) is 0 Å². The minimum atomic E-state index is -5.40. The zero-order chi connectivity index (χ0) is 77.4. The smallest absolute Gasteiger partial charge is 0.343 e. The lowest BCUT2D eigenvalue weighted by atomic mass is 9.73. The number of rotatable bonds is 11. The second-order valence-corrected chi connectivity index (χ2v) is 30.4. The van der Waals surface area contributed by atoms with Crippen LogP contribution in [0.3, 0.4) is 0 Å². The third-order valence-corrected chi connectivity index (χ3v) is 23.6. The minimum absolute atomic E-state index is 0.00343. The monoisotopic (exact) mass is 1490 g/mol. The summed E-state index contributed by atoms with van der Waals surface area (Å²) in [5.74, 6) is -12.8. The molecule has 6 fully saturated rings. The number of nitrogens with one attached hydrogen (secondary N) is 2. The molecule has 0 unspecified atom stereocenters. The maximum atomic E-state index is 15.7. The van der Waals surface area contributed by atoms with E-state index in [0.717, 1.165) is 23.3 Å². The molecule has 2 aromatic rings. The van der Waals surface area contributed by atoms with E-state index in [2.05, 4.69) is 10.6 Å². The molecule has 0 aromatic heterocycles. The molecule has 29 heteroatoms. The molecule has 2 saturated carbocycles. The van der Waals surface area contributed by atoms with Gasteiger partial charge in [-0.25, -0.2) is 8.78 Å². The molecule has 24 nitrogen and oxygen atoms in total. The number of alkyl halides is 3. The zero-order valence-corrected chi connectivity index (χ0v) is 63.0. The number of likely N-dealkylation sites (tertiary alicyclic amines) is 1. The molecule has 12 amide bonds. The first kappa shape index (κ1) is 81.5. The Labute approximate surface area is 618 Å². The number of amides is 12. The van der Waals surface area contributed by atoms with Crippen molar-refractivity contribution in [3.63, 3.8) is 0 Å². The number of hydrogen-bond acceptors (Lipinski definition) is 12. The van der Waals surface area contributed by atoms with Gasteiger partial charge in [0.2, 0.25) is 70.9 Å². The van der Waals surface area contributed by atoms with Gasteiger partial charge in [-0.15, -0.1) is 0 Å². The highest BCUT2D eigenvalue weighted by Crippen LogP contribution is 2.43. The average molecular weight is 1490 g/mol. The van der Waals surface area contributed by atoms with Crippen molar-refractivity contribution in [2.24, 2.45) is 11.8 Å². The fraction of sp³-hybridized carbons (Fsp3) is 0.662. The van der Waals surface area contributed by atoms with Gasteiger partial charge in [0.25, 0.3) is 0 Å². The number of aryl methyl sites for hydroxylation is 2. The molecule has 106 heavy (non-hydrogen) atoms. The van der Waals surface area contributed by atoms with Crippen LogP contribution in [0.25, 0.3) is 0 Å². The molecule has 7 aliphatic rings. The Kier molecular flexibility index (Phi) is 26.9. The number of carbonyl (C=O) groups is 12. The van der Waals surface area contributed by atoms with Gasteiger partial charge in [0, 0.05) is 81.4 Å². The first-order chi connectivity index (χ1) is 50.3. The van der Waals surface area contributed by atoms with Crippen LogP contribution in [-0.2, 0) is 76.6 Å². The maximum Gasteiger partial charge on any atom is 0.422 e. The highest BCUT2D eigenvalue weighted by molar-refractivity contribution is 6.01. The summed E-state index contributed by atoms with van der Waals surface area (Å²) < 4.78 is 71.9. The summed E-state index contributed by atoms with van der Waals surface area (Å²) in [4.78, 5) is 196. The minimum Gasteiger partial charge on any atom is -0.343 e. The van der Waals surface area contributed by atoms with Crippen molar-refractivity contribution in [1.82, 2.24) is 59.6 Å². The Bertz CT molecular complexity index is 3610. The largest absolute Gasteiger partial charge is 0.422 e. The molecule has 9 rings (SSSR count). The zero-order valence-electron chi connectivity index (χ0n) is 63.0. The van der Waals surface area contributed by atoms with Crippen LogP contribution >= 0.6 is 0 Å². The summed E-state index contributed by atoms with van der Waals surface area (Å²) >= 11 is 0. The van der Waals surface area contributed by atoms with Gasteiger partial charge in [-0.2, -0.15) is 13.2 Å². The molecule has 0 radical (unpaired) electrons. The van der Waals surface area contributed by atoms with Gasteiger partial charge in [-0.05, 0) is 145 Å². The van der Waals surface area contributed by atoms with E-state index >= 15 is 56.7 Å². The van der Waals surface area contributed by atoms with Crippen LogP contribution in [0, 0.1) is 30.4 Å². The van der Waals surface area contributed by atoms with Crippen LogP contribution in [0.1, 0.15) is 171 Å². The summed E-state index contributed by atoms with van der Waals surface area (Å²) in [5.41, 5.74) is -2.48. The molecule has 2 aromatic carbocycles. The van der Waals surface area contributed by atoms with E-state index in [1.807, 2.05) is 39.0 Å². The number of benzene rings is 2.